The molecule has 4 rings (SSSR count). The molecule has 0 spiro atoms. The number of hydrogen-bond donors (Lipinski definition) is 0. The van der Waals surface area contributed by atoms with Gasteiger partial charge in [-0.25, -0.2) is 12.8 Å². The lowest BCUT2D eigenvalue weighted by Gasteiger charge is -2.29. The summed E-state index contributed by atoms with van der Waals surface area (Å²) in [6.45, 7) is 3.88. The van der Waals surface area contributed by atoms with Gasteiger partial charge in [0.25, 0.3) is 0 Å². The van der Waals surface area contributed by atoms with E-state index in [1.54, 1.807) is 6.07 Å². The van der Waals surface area contributed by atoms with Crippen molar-refractivity contribution >= 4 is 38.6 Å². The highest BCUT2D eigenvalue weighted by Crippen LogP contribution is 2.41. The van der Waals surface area contributed by atoms with E-state index in [2.05, 4.69) is 0 Å². The summed E-state index contributed by atoms with van der Waals surface area (Å²) < 4.78 is 40.5. The summed E-state index contributed by atoms with van der Waals surface area (Å²) in [4.78, 5) is 14.1. The van der Waals surface area contributed by atoms with Crippen LogP contribution in [0.25, 0.3) is 0 Å². The summed E-state index contributed by atoms with van der Waals surface area (Å²) in [7, 11) is -4.15. The second-order valence-corrected chi connectivity index (χ2v) is 9.41. The van der Waals surface area contributed by atoms with E-state index in [4.69, 9.17) is 11.6 Å². The van der Waals surface area contributed by atoms with Crippen molar-refractivity contribution in [1.82, 2.24) is 0 Å². The molecule has 0 atom stereocenters. The average Bonchev–Trinajstić information content (AvgIpc) is 2.70. The average molecular weight is 442 g/mol. The van der Waals surface area contributed by atoms with Crippen LogP contribution in [0, 0.1) is 19.7 Å². The molecule has 0 saturated carbocycles. The van der Waals surface area contributed by atoms with Crippen molar-refractivity contribution in [2.75, 3.05) is 4.90 Å². The highest BCUT2D eigenvalue weighted by Gasteiger charge is 2.36. The SMILES string of the molecule is Cc1ccc(N2C=C(C(=O)c3ccc(Cl)cc3)S(=O)(=O)c3ccc(F)cc32)cc1C. The minimum Gasteiger partial charge on any atom is -0.314 e. The largest absolute Gasteiger partial charge is 0.314 e. The number of ketones is 1. The van der Waals surface area contributed by atoms with E-state index in [9.17, 15) is 17.6 Å². The minimum atomic E-state index is -4.15. The molecular weight excluding hydrogens is 425 g/mol. The Hall–Kier alpha value is -2.96. The smallest absolute Gasteiger partial charge is 0.214 e. The van der Waals surface area contributed by atoms with Gasteiger partial charge < -0.3 is 4.90 Å². The molecule has 0 radical (unpaired) electrons. The molecule has 30 heavy (non-hydrogen) atoms. The predicted molar refractivity (Wildman–Crippen MR) is 116 cm³/mol. The Kier molecular flexibility index (Phi) is 5.00. The Morgan fingerprint density at radius 1 is 0.933 bits per heavy atom. The number of carbonyl (C=O) groups is 1. The monoisotopic (exact) mass is 441 g/mol. The standard InChI is InChI=1S/C23H17ClFNO3S/c1-14-3-9-19(11-15(14)2)26-13-22(23(27)16-4-6-17(24)7-5-16)30(28,29)21-10-8-18(25)12-20(21)26/h3-13H,1-2H3. The van der Waals surface area contributed by atoms with E-state index in [0.29, 0.717) is 10.7 Å². The van der Waals surface area contributed by atoms with Gasteiger partial charge >= 0.3 is 0 Å². The van der Waals surface area contributed by atoms with Crippen LogP contribution in [0.5, 0.6) is 0 Å². The van der Waals surface area contributed by atoms with Gasteiger partial charge in [0, 0.05) is 22.5 Å². The van der Waals surface area contributed by atoms with Crippen LogP contribution in [0.2, 0.25) is 5.02 Å². The lowest BCUT2D eigenvalue weighted by molar-refractivity contribution is 0.104. The second kappa shape index (κ2) is 7.38. The third-order valence-electron chi connectivity index (χ3n) is 5.10. The quantitative estimate of drug-likeness (QED) is 0.384. The Morgan fingerprint density at radius 2 is 1.63 bits per heavy atom. The second-order valence-electron chi connectivity index (χ2n) is 7.08. The molecular formula is C23H17ClFNO3S. The Balaban J connectivity index is 1.94. The first kappa shape index (κ1) is 20.3. The van der Waals surface area contributed by atoms with Crippen molar-refractivity contribution in [1.29, 1.82) is 0 Å². The number of Topliss-reactive ketones (excluding diaryl/α,β-unsaturated/α-hetero) is 1. The number of carbonyl (C=O) groups excluding carboxylic acids is 1. The minimum absolute atomic E-state index is 0.123. The lowest BCUT2D eigenvalue weighted by atomic mass is 10.1. The first-order chi connectivity index (χ1) is 14.2. The van der Waals surface area contributed by atoms with Gasteiger partial charge in [0.05, 0.1) is 10.6 Å². The van der Waals surface area contributed by atoms with Crippen molar-refractivity contribution in [3.8, 4) is 0 Å². The van der Waals surface area contributed by atoms with Crippen LogP contribution in [-0.2, 0) is 9.84 Å². The highest BCUT2D eigenvalue weighted by atomic mass is 35.5. The van der Waals surface area contributed by atoms with E-state index in [1.807, 2.05) is 26.0 Å². The van der Waals surface area contributed by atoms with Gasteiger partial charge in [-0.2, -0.15) is 0 Å². The van der Waals surface area contributed by atoms with Crippen molar-refractivity contribution < 1.29 is 17.6 Å². The molecule has 0 aliphatic carbocycles. The molecule has 0 aromatic heterocycles. The molecule has 1 aliphatic heterocycles. The molecule has 0 unspecified atom stereocenters. The Bertz CT molecular complexity index is 1310. The lowest BCUT2D eigenvalue weighted by Crippen LogP contribution is -2.26. The molecule has 0 N–H and O–H groups in total. The van der Waals surface area contributed by atoms with Gasteiger partial charge in [0.2, 0.25) is 15.6 Å². The number of halogens is 2. The predicted octanol–water partition coefficient (Wildman–Crippen LogP) is 5.75. The molecule has 7 heteroatoms. The normalized spacial score (nSPS) is 14.8. The molecule has 0 saturated heterocycles. The van der Waals surface area contributed by atoms with E-state index in [1.165, 1.54) is 41.4 Å². The zero-order chi connectivity index (χ0) is 21.6. The zero-order valence-corrected chi connectivity index (χ0v) is 17.8. The first-order valence-electron chi connectivity index (χ1n) is 9.12. The molecule has 0 amide bonds. The van der Waals surface area contributed by atoms with E-state index < -0.39 is 21.4 Å². The van der Waals surface area contributed by atoms with Gasteiger partial charge in [-0.15, -0.1) is 0 Å². The highest BCUT2D eigenvalue weighted by molar-refractivity contribution is 7.96. The Labute approximate surface area is 179 Å². The number of fused-ring (bicyclic) bond motifs is 1. The summed E-state index contributed by atoms with van der Waals surface area (Å²) in [6.07, 6.45) is 1.26. The van der Waals surface area contributed by atoms with Crippen LogP contribution in [0.1, 0.15) is 21.5 Å². The summed E-state index contributed by atoms with van der Waals surface area (Å²) in [5, 5.41) is 0.435. The van der Waals surface area contributed by atoms with Crippen molar-refractivity contribution in [2.24, 2.45) is 0 Å². The third-order valence-corrected chi connectivity index (χ3v) is 7.15. The molecule has 1 aliphatic rings. The molecule has 152 valence electrons. The number of rotatable bonds is 3. The number of allylic oxidation sites excluding steroid dienone is 1. The van der Waals surface area contributed by atoms with Crippen molar-refractivity contribution in [3.05, 3.63) is 99.3 Å². The van der Waals surface area contributed by atoms with Gasteiger partial charge in [0.1, 0.15) is 10.7 Å². The van der Waals surface area contributed by atoms with E-state index >= 15 is 0 Å². The molecule has 0 fully saturated rings. The number of benzene rings is 3. The van der Waals surface area contributed by atoms with E-state index in [-0.39, 0.29) is 21.1 Å². The zero-order valence-electron chi connectivity index (χ0n) is 16.2. The molecule has 4 nitrogen and oxygen atoms in total. The van der Waals surface area contributed by atoms with Crippen LogP contribution < -0.4 is 4.90 Å². The fraction of sp³-hybridized carbons (Fsp3) is 0.0870. The summed E-state index contributed by atoms with van der Waals surface area (Å²) in [5.41, 5.74) is 3.02. The first-order valence-corrected chi connectivity index (χ1v) is 11.0. The molecule has 3 aromatic carbocycles. The van der Waals surface area contributed by atoms with Crippen LogP contribution in [-0.4, -0.2) is 14.2 Å². The number of sulfone groups is 1. The fourth-order valence-corrected chi connectivity index (χ4v) is 4.94. The van der Waals surface area contributed by atoms with Crippen LogP contribution in [0.3, 0.4) is 0 Å². The number of aryl methyl sites for hydroxylation is 2. The van der Waals surface area contributed by atoms with Crippen molar-refractivity contribution in [2.45, 2.75) is 18.7 Å². The van der Waals surface area contributed by atoms with Gasteiger partial charge in [0.15, 0.2) is 0 Å². The summed E-state index contributed by atoms with van der Waals surface area (Å²) >= 11 is 5.88. The van der Waals surface area contributed by atoms with Crippen LogP contribution in [0.15, 0.2) is 76.7 Å². The van der Waals surface area contributed by atoms with E-state index in [0.717, 1.165) is 23.3 Å². The van der Waals surface area contributed by atoms with Crippen LogP contribution >= 0.6 is 11.6 Å². The van der Waals surface area contributed by atoms with Gasteiger partial charge in [-0.1, -0.05) is 17.7 Å². The Morgan fingerprint density at radius 3 is 2.30 bits per heavy atom. The van der Waals surface area contributed by atoms with Crippen LogP contribution in [0.4, 0.5) is 15.8 Å². The fourth-order valence-electron chi connectivity index (χ4n) is 3.29. The number of hydrogen-bond acceptors (Lipinski definition) is 4. The maximum atomic E-state index is 14.0. The summed E-state index contributed by atoms with van der Waals surface area (Å²) in [5.74, 6) is -1.23. The maximum absolute atomic E-state index is 14.0. The van der Waals surface area contributed by atoms with Crippen molar-refractivity contribution in [3.63, 3.8) is 0 Å². The van der Waals surface area contributed by atoms with Gasteiger partial charge in [-0.05, 0) is 79.6 Å². The maximum Gasteiger partial charge on any atom is 0.214 e. The molecule has 0 bridgehead atoms. The summed E-state index contributed by atoms with van der Waals surface area (Å²) in [6, 6.07) is 15.0. The number of nitrogens with zero attached hydrogens (tertiary/aromatic N) is 1. The molecule has 3 aromatic rings. The third kappa shape index (κ3) is 3.42. The molecule has 1 heterocycles. The topological polar surface area (TPSA) is 54.5 Å². The number of anilines is 2. The van der Waals surface area contributed by atoms with Gasteiger partial charge in [-0.3, -0.25) is 4.79 Å².